The molecule has 0 bridgehead atoms. The molecule has 0 spiro atoms. The SMILES string of the molecule is COCCNCCCCc1c[nH]c2ccccc12. The molecule has 2 rings (SSSR count). The van der Waals surface area contributed by atoms with Gasteiger partial charge in [0.1, 0.15) is 0 Å². The lowest BCUT2D eigenvalue weighted by Crippen LogP contribution is -2.20. The molecule has 0 unspecified atom stereocenters. The number of nitrogens with one attached hydrogen (secondary N) is 2. The Morgan fingerprint density at radius 1 is 1.17 bits per heavy atom. The quantitative estimate of drug-likeness (QED) is 0.703. The molecule has 0 radical (unpaired) electrons. The van der Waals surface area contributed by atoms with Crippen LogP contribution in [-0.2, 0) is 11.2 Å². The number of fused-ring (bicyclic) bond motifs is 1. The molecule has 98 valence electrons. The molecule has 18 heavy (non-hydrogen) atoms. The summed E-state index contributed by atoms with van der Waals surface area (Å²) in [7, 11) is 1.73. The predicted molar refractivity (Wildman–Crippen MR) is 76.0 cm³/mol. The van der Waals surface area contributed by atoms with Crippen LogP contribution in [0.15, 0.2) is 30.5 Å². The van der Waals surface area contributed by atoms with Crippen molar-refractivity contribution < 1.29 is 4.74 Å². The van der Waals surface area contributed by atoms with Gasteiger partial charge >= 0.3 is 0 Å². The zero-order chi connectivity index (χ0) is 12.6. The van der Waals surface area contributed by atoms with Gasteiger partial charge in [-0.1, -0.05) is 18.2 Å². The van der Waals surface area contributed by atoms with Crippen LogP contribution in [0.1, 0.15) is 18.4 Å². The van der Waals surface area contributed by atoms with Gasteiger partial charge in [0.05, 0.1) is 6.61 Å². The van der Waals surface area contributed by atoms with Gasteiger partial charge in [-0.2, -0.15) is 0 Å². The van der Waals surface area contributed by atoms with Crippen LogP contribution in [0.2, 0.25) is 0 Å². The number of H-pyrrole nitrogens is 1. The van der Waals surface area contributed by atoms with Crippen molar-refractivity contribution in [3.8, 4) is 0 Å². The number of unbranched alkanes of at least 4 members (excludes halogenated alkanes) is 1. The third-order valence-corrected chi connectivity index (χ3v) is 3.21. The van der Waals surface area contributed by atoms with Crippen molar-refractivity contribution in [2.45, 2.75) is 19.3 Å². The minimum Gasteiger partial charge on any atom is -0.383 e. The normalized spacial score (nSPS) is 11.2. The van der Waals surface area contributed by atoms with Crippen molar-refractivity contribution in [3.05, 3.63) is 36.0 Å². The van der Waals surface area contributed by atoms with Crippen molar-refractivity contribution in [1.29, 1.82) is 0 Å². The second-order valence-electron chi connectivity index (χ2n) is 4.56. The molecule has 0 aliphatic heterocycles. The second-order valence-corrected chi connectivity index (χ2v) is 4.56. The number of benzene rings is 1. The van der Waals surface area contributed by atoms with E-state index in [4.69, 9.17) is 4.74 Å². The summed E-state index contributed by atoms with van der Waals surface area (Å²) in [6.07, 6.45) is 5.73. The van der Waals surface area contributed by atoms with Gasteiger partial charge in [0.2, 0.25) is 0 Å². The van der Waals surface area contributed by atoms with Gasteiger partial charge in [0.25, 0.3) is 0 Å². The number of rotatable bonds is 8. The zero-order valence-corrected chi connectivity index (χ0v) is 11.0. The van der Waals surface area contributed by atoms with E-state index in [-0.39, 0.29) is 0 Å². The lowest BCUT2D eigenvalue weighted by molar-refractivity contribution is 0.199. The van der Waals surface area contributed by atoms with Gasteiger partial charge < -0.3 is 15.0 Å². The molecule has 2 aromatic rings. The summed E-state index contributed by atoms with van der Waals surface area (Å²) < 4.78 is 4.99. The predicted octanol–water partition coefficient (Wildman–Crippen LogP) is 2.73. The van der Waals surface area contributed by atoms with Gasteiger partial charge in [-0.3, -0.25) is 0 Å². The summed E-state index contributed by atoms with van der Waals surface area (Å²) in [4.78, 5) is 3.32. The Bertz CT molecular complexity index is 464. The highest BCUT2D eigenvalue weighted by atomic mass is 16.5. The number of aryl methyl sites for hydroxylation is 1. The third-order valence-electron chi connectivity index (χ3n) is 3.21. The Hall–Kier alpha value is -1.32. The standard InChI is InChI=1S/C15H22N2O/c1-18-11-10-16-9-5-4-6-13-12-17-15-8-3-2-7-14(13)15/h2-3,7-8,12,16-17H,4-6,9-11H2,1H3. The highest BCUT2D eigenvalue weighted by Gasteiger charge is 2.01. The smallest absolute Gasteiger partial charge is 0.0587 e. The number of hydrogen-bond acceptors (Lipinski definition) is 2. The minimum atomic E-state index is 0.794. The second kappa shape index (κ2) is 7.19. The van der Waals surface area contributed by atoms with Crippen molar-refractivity contribution in [2.24, 2.45) is 0 Å². The molecule has 1 heterocycles. The fraction of sp³-hybridized carbons (Fsp3) is 0.467. The van der Waals surface area contributed by atoms with Crippen molar-refractivity contribution in [3.63, 3.8) is 0 Å². The van der Waals surface area contributed by atoms with Crippen LogP contribution in [0.5, 0.6) is 0 Å². The molecule has 0 atom stereocenters. The Morgan fingerprint density at radius 3 is 2.94 bits per heavy atom. The number of aromatic nitrogens is 1. The van der Waals surface area contributed by atoms with Crippen molar-refractivity contribution in [2.75, 3.05) is 26.8 Å². The van der Waals surface area contributed by atoms with Crippen LogP contribution in [0.4, 0.5) is 0 Å². The molecule has 0 amide bonds. The summed E-state index contributed by atoms with van der Waals surface area (Å²) in [5.41, 5.74) is 2.67. The average molecular weight is 246 g/mol. The highest BCUT2D eigenvalue weighted by molar-refractivity contribution is 5.82. The lowest BCUT2D eigenvalue weighted by atomic mass is 10.1. The molecule has 0 fully saturated rings. The topological polar surface area (TPSA) is 37.0 Å². The maximum absolute atomic E-state index is 4.99. The Balaban J connectivity index is 1.70. The van der Waals surface area contributed by atoms with E-state index in [1.807, 2.05) is 0 Å². The molecular formula is C15H22N2O. The summed E-state index contributed by atoms with van der Waals surface area (Å²) in [5.74, 6) is 0. The van der Waals surface area contributed by atoms with Gasteiger partial charge in [0.15, 0.2) is 0 Å². The van der Waals surface area contributed by atoms with Gasteiger partial charge in [-0.05, 0) is 37.4 Å². The van der Waals surface area contributed by atoms with E-state index in [0.717, 1.165) is 26.1 Å². The van der Waals surface area contributed by atoms with E-state index in [9.17, 15) is 0 Å². The molecule has 1 aromatic heterocycles. The molecule has 3 heteroatoms. The zero-order valence-electron chi connectivity index (χ0n) is 11.0. The number of para-hydroxylation sites is 1. The monoisotopic (exact) mass is 246 g/mol. The maximum Gasteiger partial charge on any atom is 0.0587 e. The molecule has 0 saturated carbocycles. The number of aromatic amines is 1. The third kappa shape index (κ3) is 3.59. The van der Waals surface area contributed by atoms with Crippen molar-refractivity contribution >= 4 is 10.9 Å². The number of ether oxygens (including phenoxy) is 1. The maximum atomic E-state index is 4.99. The first-order valence-corrected chi connectivity index (χ1v) is 6.66. The molecule has 1 aromatic carbocycles. The van der Waals surface area contributed by atoms with E-state index in [0.29, 0.717) is 0 Å². The first-order chi connectivity index (χ1) is 8.92. The summed E-state index contributed by atoms with van der Waals surface area (Å²) >= 11 is 0. The Kier molecular flexibility index (Phi) is 5.24. The molecule has 3 nitrogen and oxygen atoms in total. The molecule has 2 N–H and O–H groups in total. The minimum absolute atomic E-state index is 0.794. The van der Waals surface area contributed by atoms with E-state index in [1.54, 1.807) is 7.11 Å². The van der Waals surface area contributed by atoms with Crippen molar-refractivity contribution in [1.82, 2.24) is 10.3 Å². The number of hydrogen-bond donors (Lipinski definition) is 2. The number of methoxy groups -OCH3 is 1. The van der Waals surface area contributed by atoms with Crippen LogP contribution in [0, 0.1) is 0 Å². The molecular weight excluding hydrogens is 224 g/mol. The van der Waals surface area contributed by atoms with Gasteiger partial charge in [0, 0.05) is 30.8 Å². The van der Waals surface area contributed by atoms with Crippen LogP contribution in [0.25, 0.3) is 10.9 Å². The largest absolute Gasteiger partial charge is 0.383 e. The Morgan fingerprint density at radius 2 is 2.06 bits per heavy atom. The summed E-state index contributed by atoms with van der Waals surface area (Å²) in [6, 6.07) is 8.50. The summed E-state index contributed by atoms with van der Waals surface area (Å²) in [6.45, 7) is 2.82. The van der Waals surface area contributed by atoms with E-state index >= 15 is 0 Å². The molecule has 0 aliphatic rings. The first-order valence-electron chi connectivity index (χ1n) is 6.66. The molecule has 0 aliphatic carbocycles. The lowest BCUT2D eigenvalue weighted by Gasteiger charge is -2.03. The summed E-state index contributed by atoms with van der Waals surface area (Å²) in [5, 5.41) is 4.74. The van der Waals surface area contributed by atoms with Gasteiger partial charge in [-0.15, -0.1) is 0 Å². The fourth-order valence-electron chi connectivity index (χ4n) is 2.20. The van der Waals surface area contributed by atoms with Crippen LogP contribution < -0.4 is 5.32 Å². The fourth-order valence-corrected chi connectivity index (χ4v) is 2.20. The van der Waals surface area contributed by atoms with Crippen LogP contribution in [0.3, 0.4) is 0 Å². The van der Waals surface area contributed by atoms with Crippen LogP contribution in [-0.4, -0.2) is 31.8 Å². The van der Waals surface area contributed by atoms with Crippen LogP contribution >= 0.6 is 0 Å². The van der Waals surface area contributed by atoms with Gasteiger partial charge in [-0.25, -0.2) is 0 Å². The van der Waals surface area contributed by atoms with E-state index in [1.165, 1.54) is 29.3 Å². The van der Waals surface area contributed by atoms with E-state index in [2.05, 4.69) is 40.8 Å². The molecule has 0 saturated heterocycles. The Labute approximate surface area is 109 Å². The average Bonchev–Trinajstić information content (AvgIpc) is 2.81. The first kappa shape index (κ1) is 13.1. The van der Waals surface area contributed by atoms with E-state index < -0.39 is 0 Å². The highest BCUT2D eigenvalue weighted by Crippen LogP contribution is 2.19.